The van der Waals surface area contributed by atoms with Gasteiger partial charge in [-0.2, -0.15) is 0 Å². The second-order valence-corrected chi connectivity index (χ2v) is 8.36. The lowest BCUT2D eigenvalue weighted by atomic mass is 10.2. The van der Waals surface area contributed by atoms with Crippen molar-refractivity contribution in [3.05, 3.63) is 47.0 Å². The van der Waals surface area contributed by atoms with E-state index in [1.165, 1.54) is 51.7 Å². The summed E-state index contributed by atoms with van der Waals surface area (Å²) < 4.78 is 40.7. The van der Waals surface area contributed by atoms with Crippen LogP contribution in [0.2, 0.25) is 5.02 Å². The van der Waals surface area contributed by atoms with Crippen molar-refractivity contribution in [2.75, 3.05) is 43.8 Å². The number of hydrogen-bond donors (Lipinski definition) is 1. The predicted octanol–water partition coefficient (Wildman–Crippen LogP) is 2.55. The standard InChI is InChI=1S/C19H21ClN2O7S/c1-27-13-6-8-17(28-2)16(10-13)22(30(4,25)26)11-18(23)21-15-9-12(19(24)29-3)5-7-14(15)20/h5-10H,11H2,1-4H3,(H,21,23). The summed E-state index contributed by atoms with van der Waals surface area (Å²) in [4.78, 5) is 24.3. The summed E-state index contributed by atoms with van der Waals surface area (Å²) in [5.41, 5.74) is 0.436. The molecule has 0 fully saturated rings. The van der Waals surface area contributed by atoms with Crippen molar-refractivity contribution < 1.29 is 32.2 Å². The molecule has 0 aliphatic rings. The van der Waals surface area contributed by atoms with Gasteiger partial charge in [-0.1, -0.05) is 11.6 Å². The molecule has 0 aromatic heterocycles. The second-order valence-electron chi connectivity index (χ2n) is 6.04. The third-order valence-corrected chi connectivity index (χ3v) is 5.46. The number of nitrogens with zero attached hydrogens (tertiary/aromatic N) is 1. The molecule has 0 bridgehead atoms. The van der Waals surface area contributed by atoms with E-state index < -0.39 is 28.4 Å². The molecule has 0 heterocycles. The van der Waals surface area contributed by atoms with E-state index in [4.69, 9.17) is 21.1 Å². The molecule has 30 heavy (non-hydrogen) atoms. The van der Waals surface area contributed by atoms with Gasteiger partial charge in [0.15, 0.2) is 0 Å². The molecule has 0 aliphatic carbocycles. The van der Waals surface area contributed by atoms with Crippen LogP contribution in [0.1, 0.15) is 10.4 Å². The van der Waals surface area contributed by atoms with Gasteiger partial charge in [0, 0.05) is 6.07 Å². The normalized spacial score (nSPS) is 10.8. The largest absolute Gasteiger partial charge is 0.497 e. The topological polar surface area (TPSA) is 111 Å². The highest BCUT2D eigenvalue weighted by Gasteiger charge is 2.25. The third-order valence-electron chi connectivity index (χ3n) is 4.00. The van der Waals surface area contributed by atoms with Crippen molar-refractivity contribution in [1.29, 1.82) is 0 Å². The van der Waals surface area contributed by atoms with Crippen LogP contribution in [0.5, 0.6) is 11.5 Å². The fraction of sp³-hybridized carbons (Fsp3) is 0.263. The van der Waals surface area contributed by atoms with Crippen LogP contribution in [0.15, 0.2) is 36.4 Å². The summed E-state index contributed by atoms with van der Waals surface area (Å²) in [5.74, 6) is -0.677. The van der Waals surface area contributed by atoms with Gasteiger partial charge in [-0.15, -0.1) is 0 Å². The number of carbonyl (C=O) groups is 2. The number of amides is 1. The molecule has 1 N–H and O–H groups in total. The zero-order valence-electron chi connectivity index (χ0n) is 16.8. The number of benzene rings is 2. The first-order valence-corrected chi connectivity index (χ1v) is 10.7. The minimum Gasteiger partial charge on any atom is -0.497 e. The van der Waals surface area contributed by atoms with Crippen LogP contribution in [-0.4, -0.2) is 54.4 Å². The Labute approximate surface area is 179 Å². The molecule has 0 radical (unpaired) electrons. The first-order valence-electron chi connectivity index (χ1n) is 8.48. The van der Waals surface area contributed by atoms with Crippen molar-refractivity contribution in [2.24, 2.45) is 0 Å². The fourth-order valence-electron chi connectivity index (χ4n) is 2.56. The number of rotatable bonds is 8. The van der Waals surface area contributed by atoms with E-state index in [1.807, 2.05) is 0 Å². The molecule has 0 spiro atoms. The van der Waals surface area contributed by atoms with Gasteiger partial charge in [0.2, 0.25) is 15.9 Å². The molecule has 9 nitrogen and oxygen atoms in total. The highest BCUT2D eigenvalue weighted by molar-refractivity contribution is 7.92. The van der Waals surface area contributed by atoms with Crippen molar-refractivity contribution in [1.82, 2.24) is 0 Å². The molecule has 2 aromatic carbocycles. The molecule has 11 heteroatoms. The van der Waals surface area contributed by atoms with Gasteiger partial charge in [-0.25, -0.2) is 13.2 Å². The summed E-state index contributed by atoms with van der Waals surface area (Å²) in [7, 11) is 0.163. The Balaban J connectivity index is 2.36. The van der Waals surface area contributed by atoms with Gasteiger partial charge in [0.25, 0.3) is 0 Å². The van der Waals surface area contributed by atoms with Crippen LogP contribution >= 0.6 is 11.6 Å². The van der Waals surface area contributed by atoms with Crippen molar-refractivity contribution in [2.45, 2.75) is 0 Å². The van der Waals surface area contributed by atoms with E-state index in [0.717, 1.165) is 10.6 Å². The quantitative estimate of drug-likeness (QED) is 0.607. The lowest BCUT2D eigenvalue weighted by Gasteiger charge is -2.24. The molecule has 2 rings (SSSR count). The highest BCUT2D eigenvalue weighted by atomic mass is 35.5. The summed E-state index contributed by atoms with van der Waals surface area (Å²) in [5, 5.41) is 2.68. The van der Waals surface area contributed by atoms with Crippen molar-refractivity contribution in [3.8, 4) is 11.5 Å². The average molecular weight is 457 g/mol. The number of sulfonamides is 1. The van der Waals surface area contributed by atoms with Crippen LogP contribution < -0.4 is 19.1 Å². The number of halogens is 1. The SMILES string of the molecule is COC(=O)c1ccc(Cl)c(NC(=O)CN(c2cc(OC)ccc2OC)S(C)(=O)=O)c1. The molecular weight excluding hydrogens is 436 g/mol. The number of carbonyl (C=O) groups excluding carboxylic acids is 2. The van der Waals surface area contributed by atoms with E-state index in [1.54, 1.807) is 6.07 Å². The van der Waals surface area contributed by atoms with Crippen LogP contribution in [-0.2, 0) is 19.6 Å². The Morgan fingerprint density at radius 3 is 2.33 bits per heavy atom. The Bertz CT molecular complexity index is 1060. The van der Waals surface area contributed by atoms with E-state index in [0.29, 0.717) is 5.75 Å². The van der Waals surface area contributed by atoms with Crippen LogP contribution in [0, 0.1) is 0 Å². The molecule has 162 valence electrons. The van der Waals surface area contributed by atoms with Crippen LogP contribution in [0.4, 0.5) is 11.4 Å². The molecule has 0 atom stereocenters. The zero-order chi connectivity index (χ0) is 22.5. The predicted molar refractivity (Wildman–Crippen MR) is 113 cm³/mol. The maximum atomic E-state index is 12.6. The summed E-state index contributed by atoms with van der Waals surface area (Å²) in [6, 6.07) is 8.76. The molecule has 0 aliphatic heterocycles. The molecular formula is C19H21ClN2O7S. The lowest BCUT2D eigenvalue weighted by molar-refractivity contribution is -0.114. The lowest BCUT2D eigenvalue weighted by Crippen LogP contribution is -2.37. The van der Waals surface area contributed by atoms with Gasteiger partial charge in [0.05, 0.1) is 49.5 Å². The van der Waals surface area contributed by atoms with Crippen molar-refractivity contribution >= 4 is 44.9 Å². The number of anilines is 2. The monoisotopic (exact) mass is 456 g/mol. The molecule has 0 saturated carbocycles. The Kier molecular flexibility index (Phi) is 7.52. The Morgan fingerprint density at radius 2 is 1.77 bits per heavy atom. The first-order chi connectivity index (χ1) is 14.1. The maximum absolute atomic E-state index is 12.6. The van der Waals surface area contributed by atoms with E-state index >= 15 is 0 Å². The Hall–Kier alpha value is -2.98. The van der Waals surface area contributed by atoms with Gasteiger partial charge in [-0.05, 0) is 30.3 Å². The summed E-state index contributed by atoms with van der Waals surface area (Å²) in [6.07, 6.45) is 0.962. The summed E-state index contributed by atoms with van der Waals surface area (Å²) >= 11 is 6.08. The van der Waals surface area contributed by atoms with Crippen LogP contribution in [0.3, 0.4) is 0 Å². The van der Waals surface area contributed by atoms with E-state index in [-0.39, 0.29) is 27.7 Å². The number of esters is 1. The van der Waals surface area contributed by atoms with Gasteiger partial charge in [0.1, 0.15) is 18.0 Å². The van der Waals surface area contributed by atoms with Gasteiger partial charge >= 0.3 is 5.97 Å². The van der Waals surface area contributed by atoms with Crippen molar-refractivity contribution in [3.63, 3.8) is 0 Å². The summed E-state index contributed by atoms with van der Waals surface area (Å²) in [6.45, 7) is -0.568. The number of nitrogens with one attached hydrogen (secondary N) is 1. The minimum absolute atomic E-state index is 0.129. The number of hydrogen-bond acceptors (Lipinski definition) is 7. The van der Waals surface area contributed by atoms with Gasteiger partial charge in [-0.3, -0.25) is 9.10 Å². The third kappa shape index (κ3) is 5.55. The fourth-order valence-corrected chi connectivity index (χ4v) is 3.58. The maximum Gasteiger partial charge on any atom is 0.337 e. The molecule has 0 unspecified atom stereocenters. The highest BCUT2D eigenvalue weighted by Crippen LogP contribution is 2.34. The second kappa shape index (κ2) is 9.68. The van der Waals surface area contributed by atoms with E-state index in [9.17, 15) is 18.0 Å². The van der Waals surface area contributed by atoms with E-state index in [2.05, 4.69) is 10.1 Å². The molecule has 0 saturated heterocycles. The van der Waals surface area contributed by atoms with Gasteiger partial charge < -0.3 is 19.5 Å². The average Bonchev–Trinajstić information content (AvgIpc) is 2.71. The Morgan fingerprint density at radius 1 is 1.07 bits per heavy atom. The molecule has 1 amide bonds. The zero-order valence-corrected chi connectivity index (χ0v) is 18.3. The number of methoxy groups -OCH3 is 3. The van der Waals surface area contributed by atoms with Crippen LogP contribution in [0.25, 0.3) is 0 Å². The minimum atomic E-state index is -3.87. The smallest absolute Gasteiger partial charge is 0.337 e. The number of ether oxygens (including phenoxy) is 3. The molecule has 2 aromatic rings. The first kappa shape index (κ1) is 23.3.